The Balaban J connectivity index is 1.35. The maximum absolute atomic E-state index is 13.9. The number of aromatic carboxylic acids is 1. The van der Waals surface area contributed by atoms with Gasteiger partial charge in [0.25, 0.3) is 0 Å². The summed E-state index contributed by atoms with van der Waals surface area (Å²) < 4.78 is 8.17. The molecule has 0 aliphatic heterocycles. The Morgan fingerprint density at radius 3 is 2.28 bits per heavy atom. The Kier molecular flexibility index (Phi) is 13.8. The van der Waals surface area contributed by atoms with E-state index in [1.807, 2.05) is 42.6 Å². The van der Waals surface area contributed by atoms with Gasteiger partial charge in [-0.25, -0.2) is 9.78 Å². The Morgan fingerprint density at radius 1 is 0.920 bits per heavy atom. The molecule has 0 spiro atoms. The molecule has 0 bridgehead atoms. The molecular formula is C41H49Cl2N3O4. The average Bonchev–Trinajstić information content (AvgIpc) is 3.54. The van der Waals surface area contributed by atoms with E-state index < -0.39 is 5.97 Å². The molecule has 1 saturated carbocycles. The van der Waals surface area contributed by atoms with E-state index in [0.717, 1.165) is 79.2 Å². The van der Waals surface area contributed by atoms with E-state index in [0.29, 0.717) is 28.8 Å². The predicted octanol–water partition coefficient (Wildman–Crippen LogP) is 10.7. The number of amides is 1. The summed E-state index contributed by atoms with van der Waals surface area (Å²) in [6.45, 7) is 5.51. The molecule has 1 heterocycles. The summed E-state index contributed by atoms with van der Waals surface area (Å²) in [4.78, 5) is 30.2. The third-order valence-corrected chi connectivity index (χ3v) is 10.3. The molecule has 1 fully saturated rings. The second kappa shape index (κ2) is 18.4. The number of unbranched alkanes of at least 4 members (excludes halogenated alkanes) is 3. The first kappa shape index (κ1) is 37.4. The number of ether oxygens (including phenoxy) is 1. The van der Waals surface area contributed by atoms with E-state index in [2.05, 4.69) is 23.7 Å². The highest BCUT2D eigenvalue weighted by Gasteiger charge is 2.30. The van der Waals surface area contributed by atoms with Crippen LogP contribution in [0.3, 0.4) is 0 Å². The van der Waals surface area contributed by atoms with E-state index in [4.69, 9.17) is 38.0 Å². The molecule has 1 amide bonds. The van der Waals surface area contributed by atoms with Crippen LogP contribution in [-0.4, -0.2) is 26.5 Å². The number of aromatic nitrogens is 2. The van der Waals surface area contributed by atoms with Crippen molar-refractivity contribution in [3.05, 3.63) is 105 Å². The Labute approximate surface area is 306 Å². The van der Waals surface area contributed by atoms with Gasteiger partial charge in [0, 0.05) is 29.2 Å². The van der Waals surface area contributed by atoms with Crippen LogP contribution in [0.1, 0.15) is 111 Å². The fourth-order valence-corrected chi connectivity index (χ4v) is 7.31. The third kappa shape index (κ3) is 10.4. The van der Waals surface area contributed by atoms with Crippen LogP contribution >= 0.6 is 23.2 Å². The van der Waals surface area contributed by atoms with Crippen LogP contribution in [0.25, 0.3) is 11.3 Å². The van der Waals surface area contributed by atoms with E-state index in [1.165, 1.54) is 25.7 Å². The van der Waals surface area contributed by atoms with Gasteiger partial charge in [0.2, 0.25) is 5.91 Å². The van der Waals surface area contributed by atoms with Crippen LogP contribution in [0.15, 0.2) is 72.9 Å². The number of rotatable bonds is 17. The van der Waals surface area contributed by atoms with E-state index >= 15 is 0 Å². The number of hydrogen-bond donors (Lipinski definition) is 2. The molecule has 5 rings (SSSR count). The molecule has 266 valence electrons. The van der Waals surface area contributed by atoms with Gasteiger partial charge in [0.15, 0.2) is 0 Å². The van der Waals surface area contributed by atoms with Crippen LogP contribution in [-0.2, 0) is 24.4 Å². The van der Waals surface area contributed by atoms with Crippen LogP contribution in [0.5, 0.6) is 5.75 Å². The normalized spacial score (nSPS) is 16.6. The lowest BCUT2D eigenvalue weighted by atomic mass is 9.79. The van der Waals surface area contributed by atoms with E-state index in [9.17, 15) is 9.59 Å². The SMILES string of the molecule is CCCCCC1CCC(C(=O)N[C@@H](Cc2ccc(OCc3ccc(C(=O)O)cc3)cc2)c2nc(-c3ccc(Cl)cc3Cl)cn2CCCC)CC1. The highest BCUT2D eigenvalue weighted by atomic mass is 35.5. The van der Waals surface area contributed by atoms with Crippen molar-refractivity contribution in [1.82, 2.24) is 14.9 Å². The van der Waals surface area contributed by atoms with Gasteiger partial charge in [-0.05, 0) is 98.0 Å². The number of carboxylic acid groups (broad SMARTS) is 1. The molecule has 1 aliphatic carbocycles. The fourth-order valence-electron chi connectivity index (χ4n) is 6.80. The summed E-state index contributed by atoms with van der Waals surface area (Å²) in [5, 5.41) is 13.7. The first-order valence-electron chi connectivity index (χ1n) is 18.1. The smallest absolute Gasteiger partial charge is 0.335 e. The van der Waals surface area contributed by atoms with Crippen LogP contribution in [0.2, 0.25) is 10.0 Å². The molecule has 2 N–H and O–H groups in total. The largest absolute Gasteiger partial charge is 0.489 e. The molecule has 4 aromatic rings. The van der Waals surface area contributed by atoms with Crippen molar-refractivity contribution < 1.29 is 19.4 Å². The van der Waals surface area contributed by atoms with Crippen molar-refractivity contribution in [3.63, 3.8) is 0 Å². The molecule has 1 aromatic heterocycles. The summed E-state index contributed by atoms with van der Waals surface area (Å²) in [6, 6.07) is 19.7. The Morgan fingerprint density at radius 2 is 1.62 bits per heavy atom. The number of carbonyl (C=O) groups excluding carboxylic acids is 1. The molecule has 1 aliphatic rings. The molecule has 50 heavy (non-hydrogen) atoms. The number of hydrogen-bond acceptors (Lipinski definition) is 4. The van der Waals surface area contributed by atoms with Crippen molar-refractivity contribution in [1.29, 1.82) is 0 Å². The van der Waals surface area contributed by atoms with Crippen molar-refractivity contribution in [3.8, 4) is 17.0 Å². The summed E-state index contributed by atoms with van der Waals surface area (Å²) in [6.07, 6.45) is 13.8. The minimum absolute atomic E-state index is 0.00417. The topological polar surface area (TPSA) is 93.4 Å². The molecule has 0 radical (unpaired) electrons. The zero-order valence-electron chi connectivity index (χ0n) is 29.2. The molecule has 1 atom stereocenters. The average molecular weight is 719 g/mol. The number of aryl methyl sites for hydroxylation is 1. The molecule has 0 unspecified atom stereocenters. The number of nitrogens with zero attached hydrogens (tertiary/aromatic N) is 2. The molecular weight excluding hydrogens is 669 g/mol. The van der Waals surface area contributed by atoms with Crippen molar-refractivity contribution in [2.45, 2.75) is 104 Å². The van der Waals surface area contributed by atoms with Crippen molar-refractivity contribution >= 4 is 35.1 Å². The standard InChI is InChI=1S/C41H49Cl2N3O4/c1-3-5-7-8-28-9-15-31(16-10-28)40(47)45-37(39-44-38(26-46(39)23-6-4-2)35-22-19-33(42)25-36(35)43)24-29-13-20-34(21-14-29)50-27-30-11-17-32(18-12-30)41(48)49/h11-14,17-22,25-26,28,31,37H,3-10,15-16,23-24,27H2,1-2H3,(H,45,47)(H,48,49)/t28?,31?,37-/m0/s1. The highest BCUT2D eigenvalue weighted by Crippen LogP contribution is 2.34. The van der Waals surface area contributed by atoms with Gasteiger partial charge in [-0.3, -0.25) is 4.79 Å². The second-order valence-corrected chi connectivity index (χ2v) is 14.4. The maximum atomic E-state index is 13.9. The lowest BCUT2D eigenvalue weighted by Crippen LogP contribution is -2.37. The van der Waals surface area contributed by atoms with Gasteiger partial charge in [-0.1, -0.05) is 93.4 Å². The van der Waals surface area contributed by atoms with Crippen LogP contribution < -0.4 is 10.1 Å². The van der Waals surface area contributed by atoms with Gasteiger partial charge in [0.05, 0.1) is 22.3 Å². The number of carbonyl (C=O) groups is 2. The first-order chi connectivity index (χ1) is 24.2. The number of nitrogens with one attached hydrogen (secondary N) is 1. The number of halogens is 2. The van der Waals surface area contributed by atoms with Gasteiger partial charge < -0.3 is 19.7 Å². The zero-order valence-corrected chi connectivity index (χ0v) is 30.7. The first-order valence-corrected chi connectivity index (χ1v) is 18.9. The van der Waals surface area contributed by atoms with Gasteiger partial charge >= 0.3 is 5.97 Å². The van der Waals surface area contributed by atoms with Crippen LogP contribution in [0, 0.1) is 11.8 Å². The van der Waals surface area contributed by atoms with E-state index in [-0.39, 0.29) is 23.4 Å². The van der Waals surface area contributed by atoms with Crippen molar-refractivity contribution in [2.75, 3.05) is 0 Å². The lowest BCUT2D eigenvalue weighted by Gasteiger charge is -2.29. The third-order valence-electron chi connectivity index (χ3n) is 9.80. The molecule has 9 heteroatoms. The number of carboxylic acids is 1. The molecule has 7 nitrogen and oxygen atoms in total. The van der Waals surface area contributed by atoms with Crippen LogP contribution in [0.4, 0.5) is 0 Å². The maximum Gasteiger partial charge on any atom is 0.335 e. The van der Waals surface area contributed by atoms with Gasteiger partial charge in [-0.15, -0.1) is 0 Å². The van der Waals surface area contributed by atoms with Gasteiger partial charge in [0.1, 0.15) is 18.2 Å². The fraction of sp³-hybridized carbons (Fsp3) is 0.439. The Hall–Kier alpha value is -3.81. The molecule has 0 saturated heterocycles. The highest BCUT2D eigenvalue weighted by molar-refractivity contribution is 6.36. The predicted molar refractivity (Wildman–Crippen MR) is 201 cm³/mol. The van der Waals surface area contributed by atoms with Gasteiger partial charge in [-0.2, -0.15) is 0 Å². The summed E-state index contributed by atoms with van der Waals surface area (Å²) in [7, 11) is 0. The Bertz CT molecular complexity index is 1700. The minimum Gasteiger partial charge on any atom is -0.489 e. The molecule has 3 aromatic carbocycles. The summed E-state index contributed by atoms with van der Waals surface area (Å²) in [5.74, 6) is 1.40. The quantitative estimate of drug-likeness (QED) is 0.106. The summed E-state index contributed by atoms with van der Waals surface area (Å²) >= 11 is 12.9. The zero-order chi connectivity index (χ0) is 35.5. The monoisotopic (exact) mass is 717 g/mol. The summed E-state index contributed by atoms with van der Waals surface area (Å²) in [5.41, 5.74) is 3.73. The van der Waals surface area contributed by atoms with Crippen molar-refractivity contribution in [2.24, 2.45) is 11.8 Å². The second-order valence-electron chi connectivity index (χ2n) is 13.6. The minimum atomic E-state index is -0.953. The number of imidazole rings is 1. The lowest BCUT2D eigenvalue weighted by molar-refractivity contribution is -0.127. The number of benzene rings is 3. The van der Waals surface area contributed by atoms with E-state index in [1.54, 1.807) is 30.3 Å².